The van der Waals surface area contributed by atoms with Crippen LogP contribution in [-0.4, -0.2) is 18.6 Å². The Balaban J connectivity index is 1.63. The lowest BCUT2D eigenvalue weighted by Crippen LogP contribution is -2.13. The summed E-state index contributed by atoms with van der Waals surface area (Å²) in [6.07, 6.45) is 0. The minimum absolute atomic E-state index is 0.0980. The summed E-state index contributed by atoms with van der Waals surface area (Å²) in [5.74, 6) is -1.71. The maximum Gasteiger partial charge on any atom is 0.261 e. The van der Waals surface area contributed by atoms with Gasteiger partial charge in [0.2, 0.25) is 5.82 Å². The van der Waals surface area contributed by atoms with Crippen LogP contribution < -0.4 is 4.72 Å². The highest BCUT2D eigenvalue weighted by Crippen LogP contribution is 2.25. The van der Waals surface area contributed by atoms with Crippen LogP contribution >= 0.6 is 0 Å². The molecular weight excluding hydrogens is 400 g/mol. The fourth-order valence-electron chi connectivity index (χ4n) is 2.62. The summed E-state index contributed by atoms with van der Waals surface area (Å²) < 4.78 is 59.1. The van der Waals surface area contributed by atoms with Gasteiger partial charge in [0.15, 0.2) is 11.6 Å². The SMILES string of the molecule is O=S(=O)(Nc1ccc(F)c(F)c1)c1cccc(-c2nc(-c3ccccc3)no2)c1. The molecule has 1 heterocycles. The largest absolute Gasteiger partial charge is 0.334 e. The van der Waals surface area contributed by atoms with E-state index in [2.05, 4.69) is 14.9 Å². The molecule has 0 aliphatic carbocycles. The highest BCUT2D eigenvalue weighted by molar-refractivity contribution is 7.92. The van der Waals surface area contributed by atoms with Crippen molar-refractivity contribution in [2.45, 2.75) is 4.90 Å². The molecule has 0 unspecified atom stereocenters. The molecule has 0 bridgehead atoms. The third-order valence-corrected chi connectivity index (χ3v) is 5.40. The van der Waals surface area contributed by atoms with Gasteiger partial charge in [-0.1, -0.05) is 41.6 Å². The van der Waals surface area contributed by atoms with Crippen molar-refractivity contribution in [3.05, 3.63) is 84.4 Å². The predicted molar refractivity (Wildman–Crippen MR) is 102 cm³/mol. The van der Waals surface area contributed by atoms with Crippen LogP contribution in [0.3, 0.4) is 0 Å². The van der Waals surface area contributed by atoms with Crippen LogP contribution in [0.4, 0.5) is 14.5 Å². The number of benzene rings is 3. The molecule has 4 rings (SSSR count). The Morgan fingerprint density at radius 1 is 0.828 bits per heavy atom. The Hall–Kier alpha value is -3.59. The fourth-order valence-corrected chi connectivity index (χ4v) is 3.71. The molecule has 0 aliphatic heterocycles. The zero-order valence-electron chi connectivity index (χ0n) is 14.7. The average molecular weight is 413 g/mol. The summed E-state index contributed by atoms with van der Waals surface area (Å²) in [5.41, 5.74) is 1.05. The Morgan fingerprint density at radius 3 is 2.34 bits per heavy atom. The number of sulfonamides is 1. The van der Waals surface area contributed by atoms with Gasteiger partial charge in [0.05, 0.1) is 10.6 Å². The molecule has 1 N–H and O–H groups in total. The average Bonchev–Trinajstić information content (AvgIpc) is 3.22. The van der Waals surface area contributed by atoms with E-state index in [1.807, 2.05) is 30.3 Å². The zero-order valence-corrected chi connectivity index (χ0v) is 15.5. The summed E-state index contributed by atoms with van der Waals surface area (Å²) in [7, 11) is -4.05. The first-order chi connectivity index (χ1) is 13.9. The van der Waals surface area contributed by atoms with Crippen LogP contribution in [0, 0.1) is 11.6 Å². The van der Waals surface area contributed by atoms with Crippen molar-refractivity contribution in [2.75, 3.05) is 4.72 Å². The first-order valence-electron chi connectivity index (χ1n) is 8.40. The summed E-state index contributed by atoms with van der Waals surface area (Å²) in [6, 6.07) is 17.8. The number of hydrogen-bond acceptors (Lipinski definition) is 5. The van der Waals surface area contributed by atoms with Gasteiger partial charge in [-0.05, 0) is 30.3 Å². The lowest BCUT2D eigenvalue weighted by atomic mass is 10.2. The lowest BCUT2D eigenvalue weighted by Gasteiger charge is -2.09. The molecule has 146 valence electrons. The Morgan fingerprint density at radius 2 is 1.59 bits per heavy atom. The van der Waals surface area contributed by atoms with Crippen LogP contribution in [-0.2, 0) is 10.0 Å². The van der Waals surface area contributed by atoms with Gasteiger partial charge in [-0.15, -0.1) is 0 Å². The topological polar surface area (TPSA) is 85.1 Å². The first kappa shape index (κ1) is 18.8. The highest BCUT2D eigenvalue weighted by Gasteiger charge is 2.18. The molecule has 0 atom stereocenters. The van der Waals surface area contributed by atoms with Crippen molar-refractivity contribution in [1.82, 2.24) is 10.1 Å². The number of halogens is 2. The zero-order chi connectivity index (χ0) is 20.4. The van der Waals surface area contributed by atoms with Crippen LogP contribution in [0.5, 0.6) is 0 Å². The van der Waals surface area contributed by atoms with Crippen LogP contribution in [0.1, 0.15) is 0 Å². The number of rotatable bonds is 5. The summed E-state index contributed by atoms with van der Waals surface area (Å²) in [4.78, 5) is 4.20. The van der Waals surface area contributed by atoms with Crippen molar-refractivity contribution in [3.8, 4) is 22.8 Å². The van der Waals surface area contributed by atoms with Gasteiger partial charge < -0.3 is 4.52 Å². The van der Waals surface area contributed by atoms with Gasteiger partial charge in [-0.2, -0.15) is 4.98 Å². The summed E-state index contributed by atoms with van der Waals surface area (Å²) in [6.45, 7) is 0. The minimum atomic E-state index is -4.05. The van der Waals surface area contributed by atoms with E-state index in [4.69, 9.17) is 4.52 Å². The quantitative estimate of drug-likeness (QED) is 0.521. The normalized spacial score (nSPS) is 11.4. The second kappa shape index (κ2) is 7.44. The van der Waals surface area contributed by atoms with E-state index in [9.17, 15) is 17.2 Å². The summed E-state index contributed by atoms with van der Waals surface area (Å²) in [5, 5.41) is 3.91. The van der Waals surface area contributed by atoms with Crippen LogP contribution in [0.25, 0.3) is 22.8 Å². The Bertz CT molecular complexity index is 1280. The molecule has 0 saturated heterocycles. The molecular formula is C20H13F2N3O3S. The molecule has 3 aromatic carbocycles. The first-order valence-corrected chi connectivity index (χ1v) is 9.88. The standard InChI is InChI=1S/C20H13F2N3O3S/c21-17-10-9-15(12-18(17)22)25-29(26,27)16-8-4-7-14(11-16)20-23-19(24-28-20)13-5-2-1-3-6-13/h1-12,25H. The van der Waals surface area contributed by atoms with E-state index < -0.39 is 21.7 Å². The van der Waals surface area contributed by atoms with Gasteiger partial charge in [0.25, 0.3) is 15.9 Å². The molecule has 0 aliphatic rings. The smallest absolute Gasteiger partial charge is 0.261 e. The second-order valence-electron chi connectivity index (χ2n) is 6.05. The van der Waals surface area contributed by atoms with Gasteiger partial charge in [-0.3, -0.25) is 4.72 Å². The molecule has 0 spiro atoms. The van der Waals surface area contributed by atoms with E-state index in [1.165, 1.54) is 18.2 Å². The van der Waals surface area contributed by atoms with E-state index in [0.29, 0.717) is 11.4 Å². The maximum absolute atomic E-state index is 13.3. The van der Waals surface area contributed by atoms with Crippen molar-refractivity contribution in [1.29, 1.82) is 0 Å². The predicted octanol–water partition coefficient (Wildman–Crippen LogP) is 4.48. The molecule has 0 radical (unpaired) electrons. The Labute approximate surface area is 164 Å². The molecule has 9 heteroatoms. The number of anilines is 1. The Kier molecular flexibility index (Phi) is 4.81. The highest BCUT2D eigenvalue weighted by atomic mass is 32.2. The maximum atomic E-state index is 13.3. The molecule has 29 heavy (non-hydrogen) atoms. The fraction of sp³-hybridized carbons (Fsp3) is 0. The molecule has 0 fully saturated rings. The van der Waals surface area contributed by atoms with Crippen molar-refractivity contribution < 1.29 is 21.7 Å². The van der Waals surface area contributed by atoms with Crippen LogP contribution in [0.2, 0.25) is 0 Å². The summed E-state index contributed by atoms with van der Waals surface area (Å²) >= 11 is 0. The van der Waals surface area contributed by atoms with Gasteiger partial charge in [0, 0.05) is 17.2 Å². The molecule has 0 amide bonds. The van der Waals surface area contributed by atoms with Gasteiger partial charge in [0.1, 0.15) is 0 Å². The molecule has 4 aromatic rings. The number of hydrogen-bond donors (Lipinski definition) is 1. The van der Waals surface area contributed by atoms with E-state index in [0.717, 1.165) is 23.8 Å². The molecule has 1 aromatic heterocycles. The van der Waals surface area contributed by atoms with Gasteiger partial charge >= 0.3 is 0 Å². The number of nitrogens with one attached hydrogen (secondary N) is 1. The number of nitrogens with zero attached hydrogens (tertiary/aromatic N) is 2. The number of aromatic nitrogens is 2. The van der Waals surface area contributed by atoms with Crippen molar-refractivity contribution >= 4 is 15.7 Å². The third-order valence-electron chi connectivity index (χ3n) is 4.02. The van der Waals surface area contributed by atoms with Gasteiger partial charge in [-0.25, -0.2) is 17.2 Å². The third kappa shape index (κ3) is 3.99. The second-order valence-corrected chi connectivity index (χ2v) is 7.73. The molecule has 6 nitrogen and oxygen atoms in total. The molecule has 0 saturated carbocycles. The van der Waals surface area contributed by atoms with E-state index >= 15 is 0 Å². The lowest BCUT2D eigenvalue weighted by molar-refractivity contribution is 0.432. The van der Waals surface area contributed by atoms with Crippen LogP contribution in [0.15, 0.2) is 82.2 Å². The van der Waals surface area contributed by atoms with Crippen molar-refractivity contribution in [2.24, 2.45) is 0 Å². The van der Waals surface area contributed by atoms with E-state index in [-0.39, 0.29) is 16.5 Å². The van der Waals surface area contributed by atoms with E-state index in [1.54, 1.807) is 6.07 Å². The minimum Gasteiger partial charge on any atom is -0.334 e. The monoisotopic (exact) mass is 413 g/mol. The van der Waals surface area contributed by atoms with Crippen molar-refractivity contribution in [3.63, 3.8) is 0 Å².